The van der Waals surface area contributed by atoms with Gasteiger partial charge in [0.25, 0.3) is 0 Å². The molecule has 0 spiro atoms. The van der Waals surface area contributed by atoms with Crippen LogP contribution in [0.15, 0.2) is 0 Å². The molecule has 0 amide bonds. The maximum Gasteiger partial charge on any atom is 0.186 e. The highest BCUT2D eigenvalue weighted by Crippen LogP contribution is 2.40. The average molecular weight is 295 g/mol. The monoisotopic (exact) mass is 295 g/mol. The number of aromatic nitrogens is 1. The van der Waals surface area contributed by atoms with Gasteiger partial charge >= 0.3 is 0 Å². The summed E-state index contributed by atoms with van der Waals surface area (Å²) in [5.41, 5.74) is 7.36. The van der Waals surface area contributed by atoms with E-state index in [1.165, 1.54) is 24.1 Å². The molecule has 20 heavy (non-hydrogen) atoms. The Morgan fingerprint density at radius 3 is 2.90 bits per heavy atom. The van der Waals surface area contributed by atoms with Crippen LogP contribution in [-0.2, 0) is 11.2 Å². The summed E-state index contributed by atoms with van der Waals surface area (Å²) in [5.74, 6) is 0.835. The van der Waals surface area contributed by atoms with Gasteiger partial charge in [-0.2, -0.15) is 0 Å². The third kappa shape index (κ3) is 2.85. The third-order valence-corrected chi connectivity index (χ3v) is 5.73. The molecular formula is C15H25N3OS. The first-order valence-corrected chi connectivity index (χ1v) is 8.53. The van der Waals surface area contributed by atoms with Crippen LogP contribution in [0.1, 0.15) is 49.2 Å². The lowest BCUT2D eigenvalue weighted by Crippen LogP contribution is -2.37. The standard InChI is InChI=1S/C15H25N3OS/c1-10(11-6-7-11)18(8-9-19-2)15-17-14-12(16)4-3-5-13(14)20-15/h10-12H,3-9,16H2,1-2H3. The average Bonchev–Trinajstić information content (AvgIpc) is 3.20. The lowest BCUT2D eigenvalue weighted by atomic mass is 9.99. The van der Waals surface area contributed by atoms with Crippen LogP contribution in [0, 0.1) is 5.92 Å². The lowest BCUT2D eigenvalue weighted by Gasteiger charge is -2.28. The van der Waals surface area contributed by atoms with Gasteiger partial charge in [0, 0.05) is 30.6 Å². The summed E-state index contributed by atoms with van der Waals surface area (Å²) in [6.07, 6.45) is 6.14. The van der Waals surface area contributed by atoms with Crippen molar-refractivity contribution in [3.8, 4) is 0 Å². The summed E-state index contributed by atoms with van der Waals surface area (Å²) in [6.45, 7) is 4.01. The van der Waals surface area contributed by atoms with Gasteiger partial charge in [0.1, 0.15) is 0 Å². The summed E-state index contributed by atoms with van der Waals surface area (Å²) in [4.78, 5) is 8.73. The number of rotatable bonds is 6. The molecule has 1 aromatic rings. The number of fused-ring (bicyclic) bond motifs is 1. The first-order chi connectivity index (χ1) is 9.70. The zero-order valence-electron chi connectivity index (χ0n) is 12.5. The van der Waals surface area contributed by atoms with E-state index < -0.39 is 0 Å². The van der Waals surface area contributed by atoms with Crippen molar-refractivity contribution in [3.63, 3.8) is 0 Å². The molecule has 0 bridgehead atoms. The zero-order chi connectivity index (χ0) is 14.1. The summed E-state index contributed by atoms with van der Waals surface area (Å²) >= 11 is 1.85. The fourth-order valence-corrected chi connectivity index (χ4v) is 4.34. The molecule has 0 radical (unpaired) electrons. The molecule has 0 saturated heterocycles. The van der Waals surface area contributed by atoms with Crippen LogP contribution in [0.25, 0.3) is 0 Å². The Labute approximate surface area is 125 Å². The van der Waals surface area contributed by atoms with Crippen LogP contribution in [0.4, 0.5) is 5.13 Å². The second-order valence-electron chi connectivity index (χ2n) is 6.07. The molecule has 2 N–H and O–H groups in total. The van der Waals surface area contributed by atoms with E-state index in [0.29, 0.717) is 6.04 Å². The summed E-state index contributed by atoms with van der Waals surface area (Å²) in [6, 6.07) is 0.707. The van der Waals surface area contributed by atoms with Crippen molar-refractivity contribution >= 4 is 16.5 Å². The van der Waals surface area contributed by atoms with E-state index in [1.54, 1.807) is 7.11 Å². The molecule has 1 saturated carbocycles. The maximum atomic E-state index is 6.21. The Kier molecular flexibility index (Phi) is 4.29. The third-order valence-electron chi connectivity index (χ3n) is 4.56. The normalized spacial score (nSPS) is 23.4. The Morgan fingerprint density at radius 2 is 2.25 bits per heavy atom. The Balaban J connectivity index is 1.82. The molecule has 0 aromatic carbocycles. The molecule has 1 heterocycles. The minimum atomic E-state index is 0.143. The molecule has 1 fully saturated rings. The maximum absolute atomic E-state index is 6.21. The second kappa shape index (κ2) is 6.00. The van der Waals surface area contributed by atoms with Gasteiger partial charge in [-0.05, 0) is 44.9 Å². The Hall–Kier alpha value is -0.650. The van der Waals surface area contributed by atoms with E-state index in [1.807, 2.05) is 11.3 Å². The molecule has 2 aliphatic carbocycles. The van der Waals surface area contributed by atoms with Crippen molar-refractivity contribution in [1.29, 1.82) is 0 Å². The Morgan fingerprint density at radius 1 is 1.45 bits per heavy atom. The molecule has 4 nitrogen and oxygen atoms in total. The Bertz CT molecular complexity index is 458. The van der Waals surface area contributed by atoms with Gasteiger partial charge in [-0.1, -0.05) is 0 Å². The van der Waals surface area contributed by atoms with Crippen molar-refractivity contribution in [2.24, 2.45) is 11.7 Å². The lowest BCUT2D eigenvalue weighted by molar-refractivity contribution is 0.202. The van der Waals surface area contributed by atoms with E-state index in [2.05, 4.69) is 11.8 Å². The second-order valence-corrected chi connectivity index (χ2v) is 7.13. The molecule has 0 aliphatic heterocycles. The van der Waals surface area contributed by atoms with E-state index in [4.69, 9.17) is 15.5 Å². The van der Waals surface area contributed by atoms with Crippen LogP contribution in [-0.4, -0.2) is 31.3 Å². The predicted octanol–water partition coefficient (Wildman–Crippen LogP) is 2.73. The summed E-state index contributed by atoms with van der Waals surface area (Å²) in [5, 5.41) is 1.16. The number of ether oxygens (including phenoxy) is 1. The van der Waals surface area contributed by atoms with Gasteiger partial charge in [-0.3, -0.25) is 0 Å². The number of thiazole rings is 1. The quantitative estimate of drug-likeness (QED) is 0.877. The number of methoxy groups -OCH3 is 1. The van der Waals surface area contributed by atoms with Crippen molar-refractivity contribution in [2.45, 2.75) is 51.1 Å². The van der Waals surface area contributed by atoms with Gasteiger partial charge in [0.2, 0.25) is 0 Å². The molecule has 2 unspecified atom stereocenters. The topological polar surface area (TPSA) is 51.4 Å². The van der Waals surface area contributed by atoms with Crippen LogP contribution in [0.5, 0.6) is 0 Å². The molecule has 2 atom stereocenters. The highest BCUT2D eigenvalue weighted by molar-refractivity contribution is 7.15. The van der Waals surface area contributed by atoms with E-state index in [9.17, 15) is 0 Å². The fraction of sp³-hybridized carbons (Fsp3) is 0.800. The molecule has 112 valence electrons. The smallest absolute Gasteiger partial charge is 0.186 e. The van der Waals surface area contributed by atoms with E-state index in [-0.39, 0.29) is 6.04 Å². The molecule has 3 rings (SSSR count). The zero-order valence-corrected chi connectivity index (χ0v) is 13.3. The van der Waals surface area contributed by atoms with Gasteiger partial charge < -0.3 is 15.4 Å². The first-order valence-electron chi connectivity index (χ1n) is 7.71. The highest BCUT2D eigenvalue weighted by Gasteiger charge is 2.34. The van der Waals surface area contributed by atoms with Gasteiger partial charge in [-0.15, -0.1) is 11.3 Å². The number of aryl methyl sites for hydroxylation is 1. The molecule has 5 heteroatoms. The van der Waals surface area contributed by atoms with Gasteiger partial charge in [0.05, 0.1) is 12.3 Å². The number of nitrogens with zero attached hydrogens (tertiary/aromatic N) is 2. The van der Waals surface area contributed by atoms with E-state index in [0.717, 1.165) is 42.7 Å². The molecular weight excluding hydrogens is 270 g/mol. The van der Waals surface area contributed by atoms with Crippen molar-refractivity contribution in [1.82, 2.24) is 4.98 Å². The predicted molar refractivity (Wildman–Crippen MR) is 83.4 cm³/mol. The highest BCUT2D eigenvalue weighted by atomic mass is 32.1. The minimum Gasteiger partial charge on any atom is -0.383 e. The largest absolute Gasteiger partial charge is 0.383 e. The number of nitrogens with two attached hydrogens (primary N) is 1. The summed E-state index contributed by atoms with van der Waals surface area (Å²) < 4.78 is 5.28. The van der Waals surface area contributed by atoms with Crippen LogP contribution >= 0.6 is 11.3 Å². The SMILES string of the molecule is COCCN(c1nc2c(s1)CCCC2N)C(C)C1CC1. The van der Waals surface area contributed by atoms with E-state index >= 15 is 0 Å². The van der Waals surface area contributed by atoms with Crippen LogP contribution in [0.3, 0.4) is 0 Å². The molecule has 2 aliphatic rings. The number of hydrogen-bond acceptors (Lipinski definition) is 5. The summed E-state index contributed by atoms with van der Waals surface area (Å²) in [7, 11) is 1.77. The van der Waals surface area contributed by atoms with Gasteiger partial charge in [0.15, 0.2) is 5.13 Å². The fourth-order valence-electron chi connectivity index (χ4n) is 3.06. The van der Waals surface area contributed by atoms with Crippen LogP contribution in [0.2, 0.25) is 0 Å². The minimum absolute atomic E-state index is 0.143. The van der Waals surface area contributed by atoms with Crippen molar-refractivity contribution in [3.05, 3.63) is 10.6 Å². The van der Waals surface area contributed by atoms with Crippen LogP contribution < -0.4 is 10.6 Å². The first kappa shape index (κ1) is 14.3. The van der Waals surface area contributed by atoms with Gasteiger partial charge in [-0.25, -0.2) is 4.98 Å². The number of hydrogen-bond donors (Lipinski definition) is 1. The number of anilines is 1. The van der Waals surface area contributed by atoms with Crippen molar-refractivity contribution in [2.75, 3.05) is 25.2 Å². The molecule has 1 aromatic heterocycles. The van der Waals surface area contributed by atoms with Crippen molar-refractivity contribution < 1.29 is 4.74 Å².